The van der Waals surface area contributed by atoms with Gasteiger partial charge in [-0.15, -0.1) is 0 Å². The summed E-state index contributed by atoms with van der Waals surface area (Å²) in [5, 5.41) is 6.59. The summed E-state index contributed by atoms with van der Waals surface area (Å²) in [4.78, 5) is 43.2. The Labute approximate surface area is 251 Å². The van der Waals surface area contributed by atoms with Crippen molar-refractivity contribution < 1.29 is 19.1 Å². The van der Waals surface area contributed by atoms with Gasteiger partial charge in [0.2, 0.25) is 18.6 Å². The second-order valence-electron chi connectivity index (χ2n) is 9.71. The van der Waals surface area contributed by atoms with Crippen molar-refractivity contribution in [3.05, 3.63) is 83.0 Å². The molecule has 0 spiro atoms. The van der Waals surface area contributed by atoms with E-state index in [0.717, 1.165) is 5.56 Å². The number of carbonyl (C=O) groups excluding carboxylic acids is 2. The summed E-state index contributed by atoms with van der Waals surface area (Å²) in [5.74, 6) is 2.27. The minimum absolute atomic E-state index is 0.130. The lowest BCUT2D eigenvalue weighted by atomic mass is 10.1. The van der Waals surface area contributed by atoms with Crippen LogP contribution in [0.2, 0.25) is 10.0 Å². The van der Waals surface area contributed by atoms with E-state index < -0.39 is 0 Å². The normalized spacial score (nSPS) is 15.9. The van der Waals surface area contributed by atoms with E-state index in [1.165, 1.54) is 0 Å². The molecule has 12 nitrogen and oxygen atoms in total. The molecular weight excluding hydrogens is 583 g/mol. The number of anilines is 2. The van der Waals surface area contributed by atoms with Crippen molar-refractivity contribution in [2.45, 2.75) is 19.0 Å². The monoisotopic (exact) mass is 608 g/mol. The molecule has 4 aromatic rings. The molecule has 1 fully saturated rings. The Morgan fingerprint density at radius 1 is 1.00 bits per heavy atom. The van der Waals surface area contributed by atoms with Gasteiger partial charge in [0.05, 0.1) is 16.1 Å². The first-order chi connectivity index (χ1) is 20.4. The standard InChI is InChI=1S/C28H26Cl2N8O4/c29-21-3-2-19(12-22(21)30)34-28(40)36-9-10-38(25-5-6-32-27(35-25)37-8-7-31-16-37)20(15-36)13-26(39)33-14-18-1-4-23-24(11-18)42-17-41-23/h1-8,11-12,16,20H,9-10,13-15,17H2,(H,33,39)(H,34,40). The second-order valence-corrected chi connectivity index (χ2v) is 10.5. The van der Waals surface area contributed by atoms with E-state index in [9.17, 15) is 9.59 Å². The van der Waals surface area contributed by atoms with Gasteiger partial charge in [-0.1, -0.05) is 29.3 Å². The predicted molar refractivity (Wildman–Crippen MR) is 156 cm³/mol. The van der Waals surface area contributed by atoms with Crippen LogP contribution in [0.25, 0.3) is 5.95 Å². The highest BCUT2D eigenvalue weighted by Gasteiger charge is 2.32. The number of fused-ring (bicyclic) bond motifs is 1. The van der Waals surface area contributed by atoms with Gasteiger partial charge in [-0.3, -0.25) is 9.36 Å². The van der Waals surface area contributed by atoms with Crippen molar-refractivity contribution in [1.29, 1.82) is 0 Å². The molecule has 0 radical (unpaired) electrons. The average molecular weight is 609 g/mol. The number of aromatic nitrogens is 4. The zero-order valence-electron chi connectivity index (χ0n) is 22.2. The molecule has 2 aromatic heterocycles. The van der Waals surface area contributed by atoms with Crippen molar-refractivity contribution in [3.63, 3.8) is 0 Å². The summed E-state index contributed by atoms with van der Waals surface area (Å²) >= 11 is 12.1. The molecule has 1 unspecified atom stereocenters. The third-order valence-electron chi connectivity index (χ3n) is 6.95. The Hall–Kier alpha value is -4.55. The van der Waals surface area contributed by atoms with Crippen LogP contribution in [0.3, 0.4) is 0 Å². The van der Waals surface area contributed by atoms with Crippen LogP contribution in [0.15, 0.2) is 67.4 Å². The van der Waals surface area contributed by atoms with E-state index in [-0.39, 0.29) is 37.7 Å². The maximum absolute atomic E-state index is 13.2. The van der Waals surface area contributed by atoms with Gasteiger partial charge >= 0.3 is 6.03 Å². The number of hydrogen-bond donors (Lipinski definition) is 2. The van der Waals surface area contributed by atoms with Crippen LogP contribution in [0.1, 0.15) is 12.0 Å². The fourth-order valence-electron chi connectivity index (χ4n) is 4.83. The van der Waals surface area contributed by atoms with Crippen LogP contribution in [0.4, 0.5) is 16.3 Å². The summed E-state index contributed by atoms with van der Waals surface area (Å²) in [6, 6.07) is 11.6. The van der Waals surface area contributed by atoms with Crippen molar-refractivity contribution >= 4 is 46.6 Å². The van der Waals surface area contributed by atoms with Gasteiger partial charge in [0, 0.05) is 56.9 Å². The smallest absolute Gasteiger partial charge is 0.321 e. The summed E-state index contributed by atoms with van der Waals surface area (Å²) in [7, 11) is 0. The quantitative estimate of drug-likeness (QED) is 0.321. The van der Waals surface area contributed by atoms with E-state index in [1.54, 1.807) is 58.7 Å². The molecule has 1 atom stereocenters. The number of nitrogens with zero attached hydrogens (tertiary/aromatic N) is 6. The molecule has 6 rings (SSSR count). The molecule has 14 heteroatoms. The Morgan fingerprint density at radius 2 is 1.88 bits per heavy atom. The van der Waals surface area contributed by atoms with E-state index in [1.807, 2.05) is 23.1 Å². The lowest BCUT2D eigenvalue weighted by Crippen LogP contribution is -2.57. The van der Waals surface area contributed by atoms with Gasteiger partial charge in [-0.2, -0.15) is 4.98 Å². The van der Waals surface area contributed by atoms with Gasteiger partial charge in [0.1, 0.15) is 12.1 Å². The van der Waals surface area contributed by atoms with Gasteiger partial charge < -0.3 is 29.9 Å². The first-order valence-corrected chi connectivity index (χ1v) is 13.9. The lowest BCUT2D eigenvalue weighted by Gasteiger charge is -2.41. The van der Waals surface area contributed by atoms with Gasteiger partial charge in [0.25, 0.3) is 0 Å². The van der Waals surface area contributed by atoms with Gasteiger partial charge in [-0.25, -0.2) is 14.8 Å². The molecule has 2 N–H and O–H groups in total. The molecule has 2 aliphatic rings. The molecular formula is C28H26Cl2N8O4. The molecule has 0 bridgehead atoms. The number of nitrogens with one attached hydrogen (secondary N) is 2. The number of carbonyl (C=O) groups is 2. The van der Waals surface area contributed by atoms with E-state index >= 15 is 0 Å². The number of ether oxygens (including phenoxy) is 2. The van der Waals surface area contributed by atoms with Crippen LogP contribution < -0.4 is 25.0 Å². The molecule has 216 valence electrons. The molecule has 2 aliphatic heterocycles. The van der Waals surface area contributed by atoms with Crippen LogP contribution in [-0.4, -0.2) is 68.8 Å². The second kappa shape index (κ2) is 12.1. The van der Waals surface area contributed by atoms with Crippen LogP contribution in [-0.2, 0) is 11.3 Å². The molecule has 1 saturated heterocycles. The summed E-state index contributed by atoms with van der Waals surface area (Å²) in [6.07, 6.45) is 6.81. The molecule has 0 aliphatic carbocycles. The van der Waals surface area contributed by atoms with Crippen LogP contribution >= 0.6 is 23.2 Å². The summed E-state index contributed by atoms with van der Waals surface area (Å²) in [6.45, 7) is 1.66. The topological polar surface area (TPSA) is 127 Å². The number of amides is 3. The third-order valence-corrected chi connectivity index (χ3v) is 7.69. The number of urea groups is 1. The highest BCUT2D eigenvalue weighted by atomic mass is 35.5. The molecule has 2 aromatic carbocycles. The van der Waals surface area contributed by atoms with Crippen molar-refractivity contribution in [1.82, 2.24) is 29.7 Å². The molecule has 42 heavy (non-hydrogen) atoms. The predicted octanol–water partition coefficient (Wildman–Crippen LogP) is 4.13. The van der Waals surface area contributed by atoms with Crippen LogP contribution in [0, 0.1) is 0 Å². The fraction of sp³-hybridized carbons (Fsp3) is 0.250. The number of imidazole rings is 1. The lowest BCUT2D eigenvalue weighted by molar-refractivity contribution is -0.121. The van der Waals surface area contributed by atoms with Crippen molar-refractivity contribution in [2.24, 2.45) is 0 Å². The highest BCUT2D eigenvalue weighted by Crippen LogP contribution is 2.32. The van der Waals surface area contributed by atoms with E-state index in [2.05, 4.69) is 20.6 Å². The average Bonchev–Trinajstić information content (AvgIpc) is 3.71. The first-order valence-electron chi connectivity index (χ1n) is 13.2. The van der Waals surface area contributed by atoms with Gasteiger partial charge in [0.15, 0.2) is 11.5 Å². The molecule has 0 saturated carbocycles. The Balaban J connectivity index is 1.17. The van der Waals surface area contributed by atoms with E-state index in [0.29, 0.717) is 58.6 Å². The Morgan fingerprint density at radius 3 is 2.71 bits per heavy atom. The Bertz CT molecular complexity index is 1600. The van der Waals surface area contributed by atoms with Crippen LogP contribution in [0.5, 0.6) is 11.5 Å². The minimum Gasteiger partial charge on any atom is -0.454 e. The minimum atomic E-state index is -0.361. The number of piperazine rings is 1. The largest absolute Gasteiger partial charge is 0.454 e. The molecule has 3 amide bonds. The number of hydrogen-bond acceptors (Lipinski definition) is 8. The zero-order chi connectivity index (χ0) is 29.1. The number of benzene rings is 2. The third kappa shape index (κ3) is 6.19. The Kier molecular flexibility index (Phi) is 7.97. The summed E-state index contributed by atoms with van der Waals surface area (Å²) < 4.78 is 12.5. The molecule has 4 heterocycles. The SMILES string of the molecule is O=C(CC1CN(C(=O)Nc2ccc(Cl)c(Cl)c2)CCN1c1ccnc(-n2ccnc2)n1)NCc1ccc2c(c1)OCO2. The number of halogens is 2. The highest BCUT2D eigenvalue weighted by molar-refractivity contribution is 6.42. The maximum atomic E-state index is 13.2. The fourth-order valence-corrected chi connectivity index (χ4v) is 5.13. The number of rotatable bonds is 7. The van der Waals surface area contributed by atoms with Gasteiger partial charge in [-0.05, 0) is 42.0 Å². The van der Waals surface area contributed by atoms with Crippen molar-refractivity contribution in [2.75, 3.05) is 36.6 Å². The first kappa shape index (κ1) is 27.6. The van der Waals surface area contributed by atoms with Crippen molar-refractivity contribution in [3.8, 4) is 17.4 Å². The maximum Gasteiger partial charge on any atom is 0.321 e. The van der Waals surface area contributed by atoms with E-state index in [4.69, 9.17) is 37.7 Å². The zero-order valence-corrected chi connectivity index (χ0v) is 23.8. The summed E-state index contributed by atoms with van der Waals surface area (Å²) in [5.41, 5.74) is 1.41.